The number of aryl methyl sites for hydroxylation is 2. The van der Waals surface area contributed by atoms with Crippen LogP contribution < -0.4 is 0 Å². The Hall–Kier alpha value is -2.08. The van der Waals surface area contributed by atoms with E-state index in [2.05, 4.69) is 10.00 Å². The fraction of sp³-hybridized carbons (Fsp3) is 0.600. The molecule has 1 aliphatic heterocycles. The van der Waals surface area contributed by atoms with Crippen LogP contribution in [-0.4, -0.2) is 58.2 Å². The Morgan fingerprint density at radius 2 is 2.04 bits per heavy atom. The molecule has 0 radical (unpaired) electrons. The van der Waals surface area contributed by atoms with Crippen LogP contribution in [0.4, 0.5) is 0 Å². The Morgan fingerprint density at radius 3 is 2.77 bits per heavy atom. The number of carbonyl (C=O) groups excluding carboxylic acids is 1. The first-order valence-electron chi connectivity index (χ1n) is 9.70. The number of rotatable bonds is 5. The summed E-state index contributed by atoms with van der Waals surface area (Å²) in [5.41, 5.74) is 2.08. The number of aromatic nitrogens is 2. The molecule has 1 aliphatic carbocycles. The summed E-state index contributed by atoms with van der Waals surface area (Å²) in [5.74, 6) is 2.12. The van der Waals surface area contributed by atoms with Gasteiger partial charge in [-0.2, -0.15) is 5.10 Å². The Morgan fingerprint density at radius 1 is 1.19 bits per heavy atom. The molecule has 2 aromatic heterocycles. The zero-order chi connectivity index (χ0) is 18.1. The highest BCUT2D eigenvalue weighted by molar-refractivity contribution is 5.91. The lowest BCUT2D eigenvalue weighted by Gasteiger charge is -2.21. The topological polar surface area (TPSA) is 54.5 Å². The molecule has 0 aromatic carbocycles. The molecule has 1 amide bonds. The summed E-state index contributed by atoms with van der Waals surface area (Å²) < 4.78 is 7.75. The number of carbonyl (C=O) groups is 1. The molecule has 2 aliphatic rings. The van der Waals surface area contributed by atoms with Crippen molar-refractivity contribution in [3.05, 3.63) is 41.1 Å². The largest absolute Gasteiger partial charge is 0.454 e. The van der Waals surface area contributed by atoms with Gasteiger partial charge in [0.2, 0.25) is 0 Å². The molecule has 0 N–H and O–H groups in total. The summed E-state index contributed by atoms with van der Waals surface area (Å²) in [6, 6.07) is 5.73. The normalized spacial score (nSPS) is 18.9. The highest BCUT2D eigenvalue weighted by Gasteiger charge is 2.27. The Balaban J connectivity index is 1.37. The Bertz CT molecular complexity index is 775. The molecule has 0 atom stereocenters. The molecular weight excluding hydrogens is 328 g/mol. The smallest absolute Gasteiger partial charge is 0.289 e. The van der Waals surface area contributed by atoms with Crippen LogP contribution in [0.25, 0.3) is 0 Å². The van der Waals surface area contributed by atoms with Crippen molar-refractivity contribution in [1.82, 2.24) is 19.6 Å². The van der Waals surface area contributed by atoms with E-state index in [1.807, 2.05) is 35.6 Å². The molecule has 6 heteroatoms. The van der Waals surface area contributed by atoms with Gasteiger partial charge >= 0.3 is 0 Å². The maximum absolute atomic E-state index is 12.8. The zero-order valence-electron chi connectivity index (χ0n) is 15.8. The van der Waals surface area contributed by atoms with E-state index in [4.69, 9.17) is 4.42 Å². The maximum atomic E-state index is 12.8. The first kappa shape index (κ1) is 17.3. The predicted octanol–water partition coefficient (Wildman–Crippen LogP) is 2.70. The van der Waals surface area contributed by atoms with Gasteiger partial charge in [-0.25, -0.2) is 0 Å². The molecule has 2 aromatic rings. The fourth-order valence-electron chi connectivity index (χ4n) is 3.74. The molecule has 3 heterocycles. The summed E-state index contributed by atoms with van der Waals surface area (Å²) in [6.45, 7) is 9.44. The third-order valence-electron chi connectivity index (χ3n) is 5.37. The number of hydrogen-bond acceptors (Lipinski definition) is 4. The van der Waals surface area contributed by atoms with Gasteiger partial charge in [-0.1, -0.05) is 0 Å². The molecule has 0 spiro atoms. The molecule has 26 heavy (non-hydrogen) atoms. The number of hydrogen-bond donors (Lipinski definition) is 0. The van der Waals surface area contributed by atoms with E-state index in [0.717, 1.165) is 55.7 Å². The zero-order valence-corrected chi connectivity index (χ0v) is 15.8. The Kier molecular flexibility index (Phi) is 4.85. The summed E-state index contributed by atoms with van der Waals surface area (Å²) >= 11 is 0. The van der Waals surface area contributed by atoms with Gasteiger partial charge in [-0.15, -0.1) is 0 Å². The summed E-state index contributed by atoms with van der Waals surface area (Å²) in [4.78, 5) is 17.3. The van der Waals surface area contributed by atoms with Crippen molar-refractivity contribution >= 4 is 5.91 Å². The quantitative estimate of drug-likeness (QED) is 0.827. The van der Waals surface area contributed by atoms with Crippen molar-refractivity contribution in [3.63, 3.8) is 0 Å². The molecular formula is C20H28N4O2. The second-order valence-electron chi connectivity index (χ2n) is 7.74. The molecule has 2 fully saturated rings. The van der Waals surface area contributed by atoms with Gasteiger partial charge in [0.25, 0.3) is 5.91 Å². The van der Waals surface area contributed by atoms with Crippen molar-refractivity contribution in [2.45, 2.75) is 39.7 Å². The van der Waals surface area contributed by atoms with E-state index < -0.39 is 0 Å². The molecule has 0 unspecified atom stereocenters. The lowest BCUT2D eigenvalue weighted by atomic mass is 10.3. The van der Waals surface area contributed by atoms with Crippen LogP contribution in [0.3, 0.4) is 0 Å². The van der Waals surface area contributed by atoms with Gasteiger partial charge in [-0.05, 0) is 63.8 Å². The monoisotopic (exact) mass is 356 g/mol. The summed E-state index contributed by atoms with van der Waals surface area (Å²) in [6.07, 6.45) is 3.80. The lowest BCUT2D eigenvalue weighted by molar-refractivity contribution is 0.0727. The minimum atomic E-state index is 0.0119. The van der Waals surface area contributed by atoms with Crippen LogP contribution in [0.2, 0.25) is 0 Å². The van der Waals surface area contributed by atoms with Crippen molar-refractivity contribution in [2.24, 2.45) is 5.92 Å². The molecule has 1 saturated heterocycles. The average molecular weight is 356 g/mol. The van der Waals surface area contributed by atoms with E-state index in [1.54, 1.807) is 6.07 Å². The van der Waals surface area contributed by atoms with Crippen LogP contribution in [0, 0.1) is 19.8 Å². The van der Waals surface area contributed by atoms with E-state index in [0.29, 0.717) is 12.3 Å². The van der Waals surface area contributed by atoms with Crippen LogP contribution >= 0.6 is 0 Å². The third-order valence-corrected chi connectivity index (χ3v) is 5.37. The van der Waals surface area contributed by atoms with Crippen LogP contribution in [0.5, 0.6) is 0 Å². The van der Waals surface area contributed by atoms with Gasteiger partial charge in [0, 0.05) is 31.9 Å². The van der Waals surface area contributed by atoms with Crippen molar-refractivity contribution in [2.75, 3.05) is 32.7 Å². The van der Waals surface area contributed by atoms with Crippen LogP contribution in [0.15, 0.2) is 22.6 Å². The van der Waals surface area contributed by atoms with Crippen LogP contribution in [0.1, 0.15) is 47.0 Å². The van der Waals surface area contributed by atoms with Crippen molar-refractivity contribution < 1.29 is 9.21 Å². The first-order valence-corrected chi connectivity index (χ1v) is 9.70. The van der Waals surface area contributed by atoms with Gasteiger partial charge in [0.15, 0.2) is 5.76 Å². The molecule has 4 rings (SSSR count). The fourth-order valence-corrected chi connectivity index (χ4v) is 3.74. The van der Waals surface area contributed by atoms with E-state index in [1.165, 1.54) is 19.4 Å². The second kappa shape index (κ2) is 7.27. The lowest BCUT2D eigenvalue weighted by Crippen LogP contribution is -2.35. The first-order chi connectivity index (χ1) is 12.6. The van der Waals surface area contributed by atoms with Crippen molar-refractivity contribution in [3.8, 4) is 0 Å². The number of amides is 1. The second-order valence-corrected chi connectivity index (χ2v) is 7.74. The van der Waals surface area contributed by atoms with Gasteiger partial charge < -0.3 is 14.2 Å². The van der Waals surface area contributed by atoms with Gasteiger partial charge in [0.1, 0.15) is 5.76 Å². The third kappa shape index (κ3) is 4.01. The minimum Gasteiger partial charge on any atom is -0.454 e. The molecule has 0 bridgehead atoms. The molecule has 6 nitrogen and oxygen atoms in total. The predicted molar refractivity (Wildman–Crippen MR) is 99.2 cm³/mol. The average Bonchev–Trinajstić information content (AvgIpc) is 3.28. The Labute approximate surface area is 154 Å². The van der Waals surface area contributed by atoms with E-state index in [9.17, 15) is 4.79 Å². The minimum absolute atomic E-state index is 0.0119. The van der Waals surface area contributed by atoms with E-state index >= 15 is 0 Å². The number of furan rings is 1. The van der Waals surface area contributed by atoms with Gasteiger partial charge in [-0.3, -0.25) is 9.48 Å². The van der Waals surface area contributed by atoms with E-state index in [-0.39, 0.29) is 5.91 Å². The number of nitrogens with zero attached hydrogens (tertiary/aromatic N) is 4. The summed E-state index contributed by atoms with van der Waals surface area (Å²) in [7, 11) is 0. The summed E-state index contributed by atoms with van der Waals surface area (Å²) in [5, 5.41) is 4.45. The standard InChI is InChI=1S/C20H28N4O2/c1-15-12-16(2)24(21-15)14-18-6-7-19(26-18)20(25)23-9-3-8-22(10-11-23)13-17-4-5-17/h6-7,12,17H,3-5,8-11,13-14H2,1-2H3. The van der Waals surface area contributed by atoms with Gasteiger partial charge in [0.05, 0.1) is 12.2 Å². The molecule has 140 valence electrons. The van der Waals surface area contributed by atoms with Crippen LogP contribution in [-0.2, 0) is 6.54 Å². The SMILES string of the molecule is Cc1cc(C)n(Cc2ccc(C(=O)N3CCCN(CC4CC4)CC3)o2)n1. The maximum Gasteiger partial charge on any atom is 0.289 e. The highest BCUT2D eigenvalue weighted by atomic mass is 16.4. The highest BCUT2D eigenvalue weighted by Crippen LogP contribution is 2.30. The van der Waals surface area contributed by atoms with Crippen molar-refractivity contribution in [1.29, 1.82) is 0 Å². The molecule has 1 saturated carbocycles.